The van der Waals surface area contributed by atoms with Gasteiger partial charge in [-0.05, 0) is 12.8 Å². The van der Waals surface area contributed by atoms with Crippen LogP contribution in [0.3, 0.4) is 0 Å². The Hall–Kier alpha value is -1.40. The number of aryl methyl sites for hydroxylation is 1. The molecule has 0 bridgehead atoms. The molecule has 0 radical (unpaired) electrons. The van der Waals surface area contributed by atoms with E-state index < -0.39 is 0 Å². The predicted molar refractivity (Wildman–Crippen MR) is 68.9 cm³/mol. The Morgan fingerprint density at radius 2 is 2.11 bits per heavy atom. The molecule has 104 valence electrons. The number of hydrogen-bond acceptors (Lipinski definition) is 4. The van der Waals surface area contributed by atoms with Crippen LogP contribution in [0.2, 0.25) is 0 Å². The van der Waals surface area contributed by atoms with E-state index >= 15 is 0 Å². The van der Waals surface area contributed by atoms with Crippen LogP contribution in [0.5, 0.6) is 0 Å². The molecule has 0 aliphatic carbocycles. The highest BCUT2D eigenvalue weighted by molar-refractivity contribution is 5.77. The molecular formula is C13H20N4O2. The van der Waals surface area contributed by atoms with E-state index in [1.165, 1.54) is 10.8 Å². The van der Waals surface area contributed by atoms with Crippen LogP contribution in [-0.2, 0) is 23.2 Å². The van der Waals surface area contributed by atoms with Crippen LogP contribution in [0.25, 0.3) is 0 Å². The maximum Gasteiger partial charge on any atom is 0.248 e. The van der Waals surface area contributed by atoms with E-state index in [1.54, 1.807) is 7.05 Å². The maximum atomic E-state index is 11.6. The van der Waals surface area contributed by atoms with Gasteiger partial charge in [-0.1, -0.05) is 0 Å². The molecule has 19 heavy (non-hydrogen) atoms. The molecule has 2 fully saturated rings. The molecule has 1 spiro atoms. The second kappa shape index (κ2) is 4.61. The number of nitrogens with zero attached hydrogens (tertiary/aromatic N) is 4. The zero-order valence-electron chi connectivity index (χ0n) is 11.5. The van der Waals surface area contributed by atoms with Gasteiger partial charge < -0.3 is 4.57 Å². The molecule has 0 N–H and O–H groups in total. The number of carbonyl (C=O) groups excluding carboxylic acids is 1. The Balaban J connectivity index is 1.58. The van der Waals surface area contributed by atoms with Gasteiger partial charge in [-0.25, -0.2) is 10.0 Å². The van der Waals surface area contributed by atoms with Gasteiger partial charge in [-0.3, -0.25) is 14.5 Å². The van der Waals surface area contributed by atoms with Crippen molar-refractivity contribution in [1.82, 2.24) is 19.5 Å². The number of rotatable bonds is 2. The largest absolute Gasteiger partial charge is 0.337 e. The predicted octanol–water partition coefficient (Wildman–Crippen LogP) is 0.548. The van der Waals surface area contributed by atoms with Gasteiger partial charge >= 0.3 is 0 Å². The monoisotopic (exact) mass is 264 g/mol. The maximum absolute atomic E-state index is 11.6. The third-order valence-corrected chi connectivity index (χ3v) is 4.22. The van der Waals surface area contributed by atoms with Crippen molar-refractivity contribution in [2.45, 2.75) is 31.4 Å². The summed E-state index contributed by atoms with van der Waals surface area (Å²) in [5.74, 6) is 0.0973. The van der Waals surface area contributed by atoms with Crippen LogP contribution in [0.4, 0.5) is 0 Å². The van der Waals surface area contributed by atoms with Crippen LogP contribution < -0.4 is 0 Å². The van der Waals surface area contributed by atoms with Crippen molar-refractivity contribution in [2.75, 3.05) is 20.1 Å². The highest BCUT2D eigenvalue weighted by atomic mass is 16.7. The van der Waals surface area contributed by atoms with Crippen molar-refractivity contribution in [2.24, 2.45) is 7.05 Å². The average Bonchev–Trinajstić information content (AvgIpc) is 2.89. The smallest absolute Gasteiger partial charge is 0.248 e. The van der Waals surface area contributed by atoms with Crippen molar-refractivity contribution < 1.29 is 9.63 Å². The summed E-state index contributed by atoms with van der Waals surface area (Å²) >= 11 is 0. The molecule has 2 aliphatic rings. The molecule has 6 nitrogen and oxygen atoms in total. The molecular weight excluding hydrogens is 244 g/mol. The normalized spacial score (nSPS) is 23.5. The summed E-state index contributed by atoms with van der Waals surface area (Å²) in [6.07, 6.45) is 6.10. The SMILES string of the molecule is CN1OC2(CCN(Cc3cncn3C)CC2)CC1=O. The number of piperidine rings is 1. The molecule has 1 aromatic rings. The lowest BCUT2D eigenvalue weighted by molar-refractivity contribution is -0.199. The summed E-state index contributed by atoms with van der Waals surface area (Å²) in [6, 6.07) is 0. The van der Waals surface area contributed by atoms with Crippen molar-refractivity contribution in [3.63, 3.8) is 0 Å². The standard InChI is InChI=1S/C13H20N4O2/c1-15-10-14-8-11(15)9-17-5-3-13(4-6-17)7-12(18)16(2)19-13/h8,10H,3-7,9H2,1-2H3. The van der Waals surface area contributed by atoms with Gasteiger partial charge in [-0.15, -0.1) is 0 Å². The minimum atomic E-state index is -0.241. The Morgan fingerprint density at radius 1 is 1.37 bits per heavy atom. The van der Waals surface area contributed by atoms with E-state index in [4.69, 9.17) is 4.84 Å². The van der Waals surface area contributed by atoms with Gasteiger partial charge in [0.05, 0.1) is 18.4 Å². The number of hydroxylamine groups is 2. The van der Waals surface area contributed by atoms with Crippen LogP contribution in [0, 0.1) is 0 Å². The van der Waals surface area contributed by atoms with E-state index in [-0.39, 0.29) is 11.5 Å². The first kappa shape index (κ1) is 12.6. The van der Waals surface area contributed by atoms with Gasteiger partial charge in [0.15, 0.2) is 0 Å². The Kier molecular flexibility index (Phi) is 3.06. The molecule has 2 saturated heterocycles. The summed E-state index contributed by atoms with van der Waals surface area (Å²) in [5.41, 5.74) is 0.978. The number of amides is 1. The summed E-state index contributed by atoms with van der Waals surface area (Å²) in [6.45, 7) is 2.84. The summed E-state index contributed by atoms with van der Waals surface area (Å²) in [7, 11) is 3.72. The zero-order chi connectivity index (χ0) is 13.5. The molecule has 1 aromatic heterocycles. The molecule has 1 amide bonds. The Bertz CT molecular complexity index is 477. The van der Waals surface area contributed by atoms with Crippen LogP contribution >= 0.6 is 0 Å². The van der Waals surface area contributed by atoms with Gasteiger partial charge in [0.25, 0.3) is 0 Å². The van der Waals surface area contributed by atoms with Crippen molar-refractivity contribution in [3.8, 4) is 0 Å². The molecule has 0 atom stereocenters. The molecule has 2 aliphatic heterocycles. The summed E-state index contributed by atoms with van der Waals surface area (Å²) in [5, 5.41) is 1.40. The first-order chi connectivity index (χ1) is 9.08. The third kappa shape index (κ3) is 2.37. The van der Waals surface area contributed by atoms with E-state index in [2.05, 4.69) is 9.88 Å². The van der Waals surface area contributed by atoms with E-state index in [0.717, 1.165) is 32.5 Å². The fourth-order valence-corrected chi connectivity index (χ4v) is 2.91. The van der Waals surface area contributed by atoms with E-state index in [1.807, 2.05) is 24.1 Å². The van der Waals surface area contributed by atoms with Crippen LogP contribution in [0.15, 0.2) is 12.5 Å². The van der Waals surface area contributed by atoms with E-state index in [0.29, 0.717) is 6.42 Å². The van der Waals surface area contributed by atoms with E-state index in [9.17, 15) is 4.79 Å². The highest BCUT2D eigenvalue weighted by Crippen LogP contribution is 2.35. The Morgan fingerprint density at radius 3 is 2.63 bits per heavy atom. The lowest BCUT2D eigenvalue weighted by Gasteiger charge is -2.37. The number of imidazole rings is 1. The number of likely N-dealkylation sites (tertiary alicyclic amines) is 1. The molecule has 0 aromatic carbocycles. The van der Waals surface area contributed by atoms with Gasteiger partial charge in [-0.2, -0.15) is 0 Å². The fraction of sp³-hybridized carbons (Fsp3) is 0.692. The number of aromatic nitrogens is 2. The second-order valence-corrected chi connectivity index (χ2v) is 5.61. The van der Waals surface area contributed by atoms with Gasteiger partial charge in [0.2, 0.25) is 5.91 Å². The number of hydrogen-bond donors (Lipinski definition) is 0. The van der Waals surface area contributed by atoms with Crippen LogP contribution in [-0.4, -0.2) is 51.2 Å². The molecule has 6 heteroatoms. The average molecular weight is 264 g/mol. The summed E-state index contributed by atoms with van der Waals surface area (Å²) < 4.78 is 2.05. The quantitative estimate of drug-likeness (QED) is 0.782. The lowest BCUT2D eigenvalue weighted by atomic mass is 9.88. The number of carbonyl (C=O) groups is 1. The third-order valence-electron chi connectivity index (χ3n) is 4.22. The lowest BCUT2D eigenvalue weighted by Crippen LogP contribution is -2.44. The van der Waals surface area contributed by atoms with Crippen LogP contribution in [0.1, 0.15) is 25.0 Å². The zero-order valence-corrected chi connectivity index (χ0v) is 11.5. The first-order valence-corrected chi connectivity index (χ1v) is 6.71. The molecule has 3 rings (SSSR count). The minimum absolute atomic E-state index is 0.0973. The van der Waals surface area contributed by atoms with Crippen molar-refractivity contribution >= 4 is 5.91 Å². The molecule has 0 unspecified atom stereocenters. The minimum Gasteiger partial charge on any atom is -0.337 e. The second-order valence-electron chi connectivity index (χ2n) is 5.61. The van der Waals surface area contributed by atoms with Gasteiger partial charge in [0.1, 0.15) is 5.60 Å². The fourth-order valence-electron chi connectivity index (χ4n) is 2.91. The summed E-state index contributed by atoms with van der Waals surface area (Å²) in [4.78, 5) is 23.9. The molecule has 3 heterocycles. The first-order valence-electron chi connectivity index (χ1n) is 6.71. The van der Waals surface area contributed by atoms with Gasteiger partial charge in [0, 0.05) is 39.9 Å². The Labute approximate surface area is 112 Å². The topological polar surface area (TPSA) is 50.6 Å². The molecule has 0 saturated carbocycles. The highest BCUT2D eigenvalue weighted by Gasteiger charge is 2.45. The van der Waals surface area contributed by atoms with Crippen molar-refractivity contribution in [1.29, 1.82) is 0 Å². The van der Waals surface area contributed by atoms with Crippen molar-refractivity contribution in [3.05, 3.63) is 18.2 Å².